The highest BCUT2D eigenvalue weighted by atomic mass is 16.2. The first-order valence-corrected chi connectivity index (χ1v) is 7.60. The number of piperazine rings is 1. The van der Waals surface area contributed by atoms with Crippen molar-refractivity contribution >= 4 is 11.8 Å². The maximum absolute atomic E-state index is 12.6. The largest absolute Gasteiger partial charge is 0.343 e. The smallest absolute Gasteiger partial charge is 0.246 e. The molecule has 4 heteroatoms. The summed E-state index contributed by atoms with van der Waals surface area (Å²) in [6, 6.07) is -0.469. The van der Waals surface area contributed by atoms with Gasteiger partial charge in [0.15, 0.2) is 0 Å². The van der Waals surface area contributed by atoms with Crippen molar-refractivity contribution in [2.24, 2.45) is 5.92 Å². The molecule has 0 radical (unpaired) electrons. The first-order valence-electron chi connectivity index (χ1n) is 7.60. The normalized spacial score (nSPS) is 25.7. The lowest BCUT2D eigenvalue weighted by Gasteiger charge is -2.44. The van der Waals surface area contributed by atoms with Crippen molar-refractivity contribution in [1.82, 2.24) is 10.2 Å². The van der Waals surface area contributed by atoms with Crippen LogP contribution in [0.3, 0.4) is 0 Å². The fourth-order valence-electron chi connectivity index (χ4n) is 3.04. The molecular formula is C15H28N2O2. The van der Waals surface area contributed by atoms with Crippen LogP contribution in [0.25, 0.3) is 0 Å². The third-order valence-corrected chi connectivity index (χ3v) is 4.02. The fraction of sp³-hybridized carbons (Fsp3) is 0.867. The third kappa shape index (κ3) is 3.28. The van der Waals surface area contributed by atoms with Crippen molar-refractivity contribution in [1.29, 1.82) is 0 Å². The summed E-state index contributed by atoms with van der Waals surface area (Å²) < 4.78 is 0. The highest BCUT2D eigenvalue weighted by molar-refractivity contribution is 5.97. The number of hydrogen-bond donors (Lipinski definition) is 1. The van der Waals surface area contributed by atoms with Gasteiger partial charge in [-0.3, -0.25) is 9.59 Å². The van der Waals surface area contributed by atoms with Crippen molar-refractivity contribution in [3.05, 3.63) is 0 Å². The molecule has 0 aromatic heterocycles. The molecule has 1 aliphatic heterocycles. The van der Waals surface area contributed by atoms with Crippen molar-refractivity contribution in [2.75, 3.05) is 0 Å². The summed E-state index contributed by atoms with van der Waals surface area (Å²) in [7, 11) is 0. The Bertz CT molecular complexity index is 328. The molecule has 3 unspecified atom stereocenters. The Kier molecular flexibility index (Phi) is 5.83. The van der Waals surface area contributed by atoms with Crippen LogP contribution in [0, 0.1) is 5.92 Å². The molecule has 1 N–H and O–H groups in total. The highest BCUT2D eigenvalue weighted by Crippen LogP contribution is 2.24. The van der Waals surface area contributed by atoms with E-state index in [2.05, 4.69) is 26.1 Å². The van der Waals surface area contributed by atoms with Crippen molar-refractivity contribution in [3.63, 3.8) is 0 Å². The van der Waals surface area contributed by atoms with E-state index in [9.17, 15) is 9.59 Å². The van der Waals surface area contributed by atoms with Gasteiger partial charge in [-0.2, -0.15) is 0 Å². The number of carbonyl (C=O) groups is 2. The van der Waals surface area contributed by atoms with E-state index in [0.717, 1.165) is 19.3 Å². The van der Waals surface area contributed by atoms with Gasteiger partial charge < -0.3 is 10.2 Å². The van der Waals surface area contributed by atoms with Crippen molar-refractivity contribution in [2.45, 2.75) is 78.4 Å². The Morgan fingerprint density at radius 1 is 1.21 bits per heavy atom. The molecule has 0 bridgehead atoms. The van der Waals surface area contributed by atoms with Crippen LogP contribution in [0.5, 0.6) is 0 Å². The lowest BCUT2D eigenvalue weighted by atomic mass is 9.93. The number of hydrogen-bond acceptors (Lipinski definition) is 2. The van der Waals surface area contributed by atoms with Gasteiger partial charge in [0.2, 0.25) is 11.8 Å². The first kappa shape index (κ1) is 16.0. The maximum atomic E-state index is 12.6. The summed E-state index contributed by atoms with van der Waals surface area (Å²) in [5.41, 5.74) is 0. The summed E-state index contributed by atoms with van der Waals surface area (Å²) in [5, 5.41) is 2.89. The van der Waals surface area contributed by atoms with Crippen LogP contribution in [0.2, 0.25) is 0 Å². The minimum atomic E-state index is -0.326. The van der Waals surface area contributed by atoms with E-state index in [0.29, 0.717) is 12.3 Å². The maximum Gasteiger partial charge on any atom is 0.246 e. The van der Waals surface area contributed by atoms with E-state index in [1.54, 1.807) is 0 Å². The number of rotatable bonds is 6. The molecule has 0 saturated carbocycles. The Hall–Kier alpha value is -1.06. The number of nitrogens with one attached hydrogen (secondary N) is 1. The standard InChI is InChI=1S/C15H28N2O2/c1-6-9-11-15(19)17(12(7-2)10(4)5)13(8-3)14(18)16-11/h10-13H,6-9H2,1-5H3,(H,16,18). The molecule has 1 fully saturated rings. The van der Waals surface area contributed by atoms with Gasteiger partial charge in [0, 0.05) is 6.04 Å². The second-order valence-corrected chi connectivity index (χ2v) is 5.74. The van der Waals surface area contributed by atoms with Crippen LogP contribution in [-0.2, 0) is 9.59 Å². The van der Waals surface area contributed by atoms with E-state index >= 15 is 0 Å². The predicted molar refractivity (Wildman–Crippen MR) is 76.7 cm³/mol. The molecule has 19 heavy (non-hydrogen) atoms. The number of nitrogens with zero attached hydrogens (tertiary/aromatic N) is 1. The molecule has 0 aromatic rings. The average Bonchev–Trinajstić information content (AvgIpc) is 2.35. The third-order valence-electron chi connectivity index (χ3n) is 4.02. The molecule has 1 aliphatic rings. The topological polar surface area (TPSA) is 49.4 Å². The van der Waals surface area contributed by atoms with Crippen molar-refractivity contribution in [3.8, 4) is 0 Å². The SMILES string of the molecule is CCCC1NC(=O)C(CC)N(C(CC)C(C)C)C1=O. The molecular weight excluding hydrogens is 240 g/mol. The van der Waals surface area contributed by atoms with Gasteiger partial charge in [-0.15, -0.1) is 0 Å². The zero-order valence-corrected chi connectivity index (χ0v) is 12.9. The Morgan fingerprint density at radius 3 is 2.26 bits per heavy atom. The summed E-state index contributed by atoms with van der Waals surface area (Å²) >= 11 is 0. The average molecular weight is 268 g/mol. The Labute approximate surface area is 116 Å². The second-order valence-electron chi connectivity index (χ2n) is 5.74. The molecule has 0 aromatic carbocycles. The molecule has 0 spiro atoms. The molecule has 3 atom stereocenters. The summed E-state index contributed by atoms with van der Waals surface area (Å²) in [6.07, 6.45) is 3.21. The van der Waals surface area contributed by atoms with Crippen LogP contribution >= 0.6 is 0 Å². The van der Waals surface area contributed by atoms with Crippen LogP contribution < -0.4 is 5.32 Å². The Balaban J connectivity index is 3.04. The van der Waals surface area contributed by atoms with Gasteiger partial charge in [-0.05, 0) is 25.2 Å². The van der Waals surface area contributed by atoms with E-state index in [1.807, 2.05) is 18.7 Å². The minimum absolute atomic E-state index is 0.0136. The van der Waals surface area contributed by atoms with Crippen LogP contribution in [0.1, 0.15) is 60.3 Å². The van der Waals surface area contributed by atoms with E-state index < -0.39 is 0 Å². The molecule has 110 valence electrons. The summed E-state index contributed by atoms with van der Waals surface area (Å²) in [4.78, 5) is 26.7. The van der Waals surface area contributed by atoms with Gasteiger partial charge in [0.05, 0.1) is 0 Å². The fourth-order valence-corrected chi connectivity index (χ4v) is 3.04. The monoisotopic (exact) mass is 268 g/mol. The highest BCUT2D eigenvalue weighted by Gasteiger charge is 2.42. The zero-order valence-electron chi connectivity index (χ0n) is 12.9. The Morgan fingerprint density at radius 2 is 1.84 bits per heavy atom. The zero-order chi connectivity index (χ0) is 14.6. The van der Waals surface area contributed by atoms with Gasteiger partial charge in [0.25, 0.3) is 0 Å². The lowest BCUT2D eigenvalue weighted by molar-refractivity contribution is -0.153. The summed E-state index contributed by atoms with van der Waals surface area (Å²) in [6.45, 7) is 10.3. The minimum Gasteiger partial charge on any atom is -0.343 e. The van der Waals surface area contributed by atoms with Gasteiger partial charge in [0.1, 0.15) is 12.1 Å². The molecule has 0 aliphatic carbocycles. The predicted octanol–water partition coefficient (Wildman–Crippen LogP) is 2.33. The van der Waals surface area contributed by atoms with E-state index in [1.165, 1.54) is 0 Å². The van der Waals surface area contributed by atoms with Gasteiger partial charge in [-0.1, -0.05) is 41.0 Å². The molecule has 2 amide bonds. The summed E-state index contributed by atoms with van der Waals surface area (Å²) in [5.74, 6) is 0.490. The van der Waals surface area contributed by atoms with E-state index in [4.69, 9.17) is 0 Å². The molecule has 4 nitrogen and oxygen atoms in total. The molecule has 1 heterocycles. The van der Waals surface area contributed by atoms with Crippen LogP contribution in [0.15, 0.2) is 0 Å². The second kappa shape index (κ2) is 6.92. The van der Waals surface area contributed by atoms with Gasteiger partial charge in [-0.25, -0.2) is 0 Å². The number of amides is 2. The first-order chi connectivity index (χ1) is 8.97. The quantitative estimate of drug-likeness (QED) is 0.803. The lowest BCUT2D eigenvalue weighted by Crippen LogP contribution is -2.66. The van der Waals surface area contributed by atoms with E-state index in [-0.39, 0.29) is 29.9 Å². The van der Waals surface area contributed by atoms with Crippen molar-refractivity contribution < 1.29 is 9.59 Å². The molecule has 1 rings (SSSR count). The van der Waals surface area contributed by atoms with Crippen LogP contribution in [0.4, 0.5) is 0 Å². The van der Waals surface area contributed by atoms with Crippen LogP contribution in [-0.4, -0.2) is 34.8 Å². The molecule has 1 saturated heterocycles. The number of carbonyl (C=O) groups excluding carboxylic acids is 2. The van der Waals surface area contributed by atoms with Gasteiger partial charge >= 0.3 is 0 Å².